The van der Waals surface area contributed by atoms with E-state index in [9.17, 15) is 5.11 Å². The van der Waals surface area contributed by atoms with Gasteiger partial charge < -0.3 is 9.84 Å². The first-order valence-electron chi connectivity index (χ1n) is 5.81. The molecule has 1 fully saturated rings. The lowest BCUT2D eigenvalue weighted by atomic mass is 10.1. The second kappa shape index (κ2) is 7.21. The van der Waals surface area contributed by atoms with Crippen molar-refractivity contribution in [2.24, 2.45) is 0 Å². The largest absolute Gasteiger partial charge is 0.393 e. The second-order valence-corrected chi connectivity index (χ2v) is 4.04. The Morgan fingerprint density at radius 1 is 1.29 bits per heavy atom. The van der Waals surface area contributed by atoms with Gasteiger partial charge in [-0.15, -0.1) is 0 Å². The first kappa shape index (κ1) is 12.0. The number of aliphatic hydroxyl groups is 1. The number of ether oxygens (including phenoxy) is 1. The molecule has 3 nitrogen and oxygen atoms in total. The fourth-order valence-electron chi connectivity index (χ4n) is 1.85. The fourth-order valence-corrected chi connectivity index (χ4v) is 1.85. The minimum atomic E-state index is -0.0824. The molecule has 14 heavy (non-hydrogen) atoms. The Hall–Kier alpha value is -0.120. The summed E-state index contributed by atoms with van der Waals surface area (Å²) in [5, 5.41) is 9.54. The van der Waals surface area contributed by atoms with Crippen molar-refractivity contribution < 1.29 is 9.84 Å². The Balaban J connectivity index is 1.96. The molecule has 1 saturated heterocycles. The molecule has 0 aliphatic carbocycles. The molecule has 3 heteroatoms. The number of nitrogens with zero attached hydrogens (tertiary/aromatic N) is 1. The highest BCUT2D eigenvalue weighted by Crippen LogP contribution is 2.06. The van der Waals surface area contributed by atoms with E-state index in [0.717, 1.165) is 58.5 Å². The Labute approximate surface area is 87.1 Å². The highest BCUT2D eigenvalue weighted by Gasteiger charge is 2.10. The van der Waals surface area contributed by atoms with E-state index < -0.39 is 0 Å². The molecule has 0 aromatic rings. The zero-order valence-electron chi connectivity index (χ0n) is 9.24. The topological polar surface area (TPSA) is 32.7 Å². The average molecular weight is 201 g/mol. The molecule has 84 valence electrons. The molecule has 0 radical (unpaired) electrons. The van der Waals surface area contributed by atoms with Crippen LogP contribution in [-0.4, -0.2) is 49.0 Å². The van der Waals surface area contributed by atoms with Crippen LogP contribution in [0, 0.1) is 0 Å². The summed E-state index contributed by atoms with van der Waals surface area (Å²) in [7, 11) is 0. The molecule has 1 aliphatic rings. The van der Waals surface area contributed by atoms with Crippen LogP contribution in [0.5, 0.6) is 0 Å². The molecule has 1 unspecified atom stereocenters. The molecule has 1 N–H and O–H groups in total. The second-order valence-electron chi connectivity index (χ2n) is 4.04. The smallest absolute Gasteiger partial charge is 0.0594 e. The molecule has 0 saturated carbocycles. The van der Waals surface area contributed by atoms with E-state index in [4.69, 9.17) is 4.74 Å². The van der Waals surface area contributed by atoms with Crippen molar-refractivity contribution in [3.63, 3.8) is 0 Å². The predicted octanol–water partition coefficient (Wildman–Crippen LogP) is 1.26. The molecular formula is C11H23NO2. The average Bonchev–Trinajstić information content (AvgIpc) is 2.20. The van der Waals surface area contributed by atoms with Crippen molar-refractivity contribution in [1.82, 2.24) is 4.90 Å². The van der Waals surface area contributed by atoms with Crippen LogP contribution < -0.4 is 0 Å². The summed E-state index contributed by atoms with van der Waals surface area (Å²) in [4.78, 5) is 2.42. The lowest BCUT2D eigenvalue weighted by Crippen LogP contribution is -2.37. The van der Waals surface area contributed by atoms with Crippen LogP contribution in [0.1, 0.15) is 32.6 Å². The van der Waals surface area contributed by atoms with E-state index in [2.05, 4.69) is 11.8 Å². The van der Waals surface area contributed by atoms with Crippen LogP contribution in [0.4, 0.5) is 0 Å². The predicted molar refractivity (Wildman–Crippen MR) is 57.4 cm³/mol. The molecule has 0 aromatic carbocycles. The summed E-state index contributed by atoms with van der Waals surface area (Å²) >= 11 is 0. The van der Waals surface area contributed by atoms with Crippen LogP contribution in [0.3, 0.4) is 0 Å². The van der Waals surface area contributed by atoms with Gasteiger partial charge >= 0.3 is 0 Å². The van der Waals surface area contributed by atoms with Crippen LogP contribution in [0.25, 0.3) is 0 Å². The van der Waals surface area contributed by atoms with Gasteiger partial charge in [0.15, 0.2) is 0 Å². The third-order valence-electron chi connectivity index (χ3n) is 2.74. The quantitative estimate of drug-likeness (QED) is 0.702. The van der Waals surface area contributed by atoms with Gasteiger partial charge in [-0.1, -0.05) is 13.3 Å². The minimum Gasteiger partial charge on any atom is -0.393 e. The van der Waals surface area contributed by atoms with Gasteiger partial charge in [0.25, 0.3) is 0 Å². The SMILES string of the molecule is CCCC(O)CCCN1CCOCC1. The summed E-state index contributed by atoms with van der Waals surface area (Å²) in [6.45, 7) is 7.10. The molecule has 0 bridgehead atoms. The highest BCUT2D eigenvalue weighted by atomic mass is 16.5. The molecule has 1 rings (SSSR count). The van der Waals surface area contributed by atoms with E-state index in [1.54, 1.807) is 0 Å². The zero-order valence-corrected chi connectivity index (χ0v) is 9.24. The number of hydrogen-bond donors (Lipinski definition) is 1. The standard InChI is InChI=1S/C11H23NO2/c1-2-4-11(13)5-3-6-12-7-9-14-10-8-12/h11,13H,2-10H2,1H3. The van der Waals surface area contributed by atoms with Crippen LogP contribution in [0.15, 0.2) is 0 Å². The van der Waals surface area contributed by atoms with Crippen molar-refractivity contribution >= 4 is 0 Å². The van der Waals surface area contributed by atoms with Crippen molar-refractivity contribution in [2.45, 2.75) is 38.7 Å². The number of morpholine rings is 1. The minimum absolute atomic E-state index is 0.0824. The van der Waals surface area contributed by atoms with Gasteiger partial charge in [-0.25, -0.2) is 0 Å². The zero-order chi connectivity index (χ0) is 10.2. The summed E-state index contributed by atoms with van der Waals surface area (Å²) < 4.78 is 5.27. The van der Waals surface area contributed by atoms with Crippen LogP contribution >= 0.6 is 0 Å². The Morgan fingerprint density at radius 2 is 2.00 bits per heavy atom. The van der Waals surface area contributed by atoms with Gasteiger partial charge in [-0.2, -0.15) is 0 Å². The maximum Gasteiger partial charge on any atom is 0.0594 e. The molecule has 0 amide bonds. The number of hydrogen-bond acceptors (Lipinski definition) is 3. The van der Waals surface area contributed by atoms with Crippen molar-refractivity contribution in [1.29, 1.82) is 0 Å². The molecule has 1 atom stereocenters. The lowest BCUT2D eigenvalue weighted by molar-refractivity contribution is 0.0350. The molecule has 0 aromatic heterocycles. The number of aliphatic hydroxyl groups excluding tert-OH is 1. The van der Waals surface area contributed by atoms with E-state index >= 15 is 0 Å². The summed E-state index contributed by atoms with van der Waals surface area (Å²) in [6.07, 6.45) is 4.01. The Kier molecular flexibility index (Phi) is 6.15. The van der Waals surface area contributed by atoms with Crippen molar-refractivity contribution in [3.8, 4) is 0 Å². The van der Waals surface area contributed by atoms with Gasteiger partial charge in [0.2, 0.25) is 0 Å². The van der Waals surface area contributed by atoms with Gasteiger partial charge in [0.1, 0.15) is 0 Å². The van der Waals surface area contributed by atoms with Gasteiger partial charge in [-0.3, -0.25) is 4.90 Å². The summed E-state index contributed by atoms with van der Waals surface area (Å²) in [5.41, 5.74) is 0. The van der Waals surface area contributed by atoms with Gasteiger partial charge in [-0.05, 0) is 25.8 Å². The van der Waals surface area contributed by atoms with Crippen LogP contribution in [0.2, 0.25) is 0 Å². The maximum absolute atomic E-state index is 9.54. The number of rotatable bonds is 6. The molecular weight excluding hydrogens is 178 g/mol. The normalized spacial score (nSPS) is 21.0. The van der Waals surface area contributed by atoms with E-state index in [1.807, 2.05) is 0 Å². The van der Waals surface area contributed by atoms with Gasteiger partial charge in [0.05, 0.1) is 19.3 Å². The molecule has 1 heterocycles. The third kappa shape index (κ3) is 4.94. The van der Waals surface area contributed by atoms with E-state index in [0.29, 0.717) is 0 Å². The van der Waals surface area contributed by atoms with Crippen LogP contribution in [-0.2, 0) is 4.74 Å². The summed E-state index contributed by atoms with van der Waals surface area (Å²) in [6, 6.07) is 0. The Bertz CT molecular complexity index is 135. The van der Waals surface area contributed by atoms with Crippen molar-refractivity contribution in [2.75, 3.05) is 32.8 Å². The molecule has 1 aliphatic heterocycles. The van der Waals surface area contributed by atoms with Gasteiger partial charge in [0, 0.05) is 13.1 Å². The first-order valence-corrected chi connectivity index (χ1v) is 5.81. The third-order valence-corrected chi connectivity index (χ3v) is 2.74. The maximum atomic E-state index is 9.54. The van der Waals surface area contributed by atoms with E-state index in [1.165, 1.54) is 0 Å². The summed E-state index contributed by atoms with van der Waals surface area (Å²) in [5.74, 6) is 0. The van der Waals surface area contributed by atoms with Crippen molar-refractivity contribution in [3.05, 3.63) is 0 Å². The Morgan fingerprint density at radius 3 is 2.64 bits per heavy atom. The highest BCUT2D eigenvalue weighted by molar-refractivity contribution is 4.63. The first-order chi connectivity index (χ1) is 6.83. The fraction of sp³-hybridized carbons (Fsp3) is 1.00. The van der Waals surface area contributed by atoms with E-state index in [-0.39, 0.29) is 6.10 Å². The lowest BCUT2D eigenvalue weighted by Gasteiger charge is -2.26. The molecule has 0 spiro atoms. The monoisotopic (exact) mass is 201 g/mol.